The fourth-order valence-corrected chi connectivity index (χ4v) is 0.940. The summed E-state index contributed by atoms with van der Waals surface area (Å²) in [7, 11) is 0. The average Bonchev–Trinajstić information content (AvgIpc) is 2.26. The van der Waals surface area contributed by atoms with Crippen molar-refractivity contribution in [1.29, 1.82) is 0 Å². The Balaban J connectivity index is 2.63. The maximum Gasteiger partial charge on any atom is 0.338 e. The van der Waals surface area contributed by atoms with Gasteiger partial charge in [0.05, 0.1) is 12.2 Å². The van der Waals surface area contributed by atoms with Gasteiger partial charge >= 0.3 is 5.97 Å². The molecule has 0 bridgehead atoms. The molecule has 74 valence electrons. The van der Waals surface area contributed by atoms with E-state index in [2.05, 4.69) is 6.58 Å². The van der Waals surface area contributed by atoms with E-state index in [-0.39, 0.29) is 6.61 Å². The lowest BCUT2D eigenvalue weighted by atomic mass is 10.2. The number of ether oxygens (including phenoxy) is 1. The Labute approximate surface area is 82.6 Å². The number of carbonyl (C=O) groups excluding carboxylic acids is 1. The maximum atomic E-state index is 11.4. The molecule has 0 aromatic heterocycles. The summed E-state index contributed by atoms with van der Waals surface area (Å²) in [5, 5.41) is 8.77. The highest BCUT2D eigenvalue weighted by Gasteiger charge is 2.11. The number of aliphatic hydroxyl groups excluding tert-OH is 1. The minimum absolute atomic E-state index is 0.248. The minimum Gasteiger partial charge on any atom is -0.452 e. The van der Waals surface area contributed by atoms with Crippen LogP contribution in [0.2, 0.25) is 0 Å². The van der Waals surface area contributed by atoms with Crippen LogP contribution in [-0.4, -0.2) is 23.8 Å². The molecular formula is C11H12O3. The Morgan fingerprint density at radius 1 is 1.50 bits per heavy atom. The summed E-state index contributed by atoms with van der Waals surface area (Å²) >= 11 is 0. The van der Waals surface area contributed by atoms with Crippen molar-refractivity contribution in [3.05, 3.63) is 48.6 Å². The quantitative estimate of drug-likeness (QED) is 0.579. The van der Waals surface area contributed by atoms with Gasteiger partial charge in [-0.2, -0.15) is 0 Å². The van der Waals surface area contributed by atoms with Crippen molar-refractivity contribution in [3.8, 4) is 0 Å². The summed E-state index contributed by atoms with van der Waals surface area (Å²) in [6.45, 7) is 3.19. The fourth-order valence-electron chi connectivity index (χ4n) is 0.940. The Kier molecular flexibility index (Phi) is 3.88. The molecule has 0 spiro atoms. The van der Waals surface area contributed by atoms with Gasteiger partial charge in [-0.15, -0.1) is 0 Å². The van der Waals surface area contributed by atoms with E-state index in [9.17, 15) is 4.79 Å². The predicted molar refractivity (Wildman–Crippen MR) is 52.9 cm³/mol. The summed E-state index contributed by atoms with van der Waals surface area (Å²) in [5.74, 6) is -0.454. The van der Waals surface area contributed by atoms with Crippen LogP contribution in [-0.2, 0) is 4.74 Å². The summed E-state index contributed by atoms with van der Waals surface area (Å²) < 4.78 is 4.93. The molecule has 0 amide bonds. The second kappa shape index (κ2) is 5.19. The molecule has 0 heterocycles. The molecule has 0 radical (unpaired) electrons. The van der Waals surface area contributed by atoms with E-state index in [1.54, 1.807) is 24.3 Å². The van der Waals surface area contributed by atoms with Gasteiger partial charge < -0.3 is 9.84 Å². The zero-order chi connectivity index (χ0) is 10.4. The number of carbonyl (C=O) groups is 1. The minimum atomic E-state index is -0.636. The molecule has 14 heavy (non-hydrogen) atoms. The Bertz CT molecular complexity index is 306. The highest BCUT2D eigenvalue weighted by atomic mass is 16.5. The van der Waals surface area contributed by atoms with E-state index in [0.717, 1.165) is 0 Å². The smallest absolute Gasteiger partial charge is 0.338 e. The zero-order valence-electron chi connectivity index (χ0n) is 7.72. The van der Waals surface area contributed by atoms with Crippen LogP contribution < -0.4 is 0 Å². The number of rotatable bonds is 4. The molecule has 0 saturated carbocycles. The molecule has 0 unspecified atom stereocenters. The standard InChI is InChI=1S/C11H12O3/c1-2-10(8-12)14-11(13)9-6-4-3-5-7-9/h2-7,10,12H,1,8H2/t10-/m1/s1. The number of esters is 1. The lowest BCUT2D eigenvalue weighted by Gasteiger charge is -2.10. The number of benzene rings is 1. The lowest BCUT2D eigenvalue weighted by Crippen LogP contribution is -2.19. The van der Waals surface area contributed by atoms with Gasteiger partial charge in [-0.3, -0.25) is 0 Å². The molecule has 0 saturated heterocycles. The first-order valence-electron chi connectivity index (χ1n) is 4.27. The van der Waals surface area contributed by atoms with E-state index >= 15 is 0 Å². The number of hydrogen-bond acceptors (Lipinski definition) is 3. The molecule has 1 aromatic carbocycles. The molecule has 0 aliphatic carbocycles. The first kappa shape index (κ1) is 10.5. The number of aliphatic hydroxyl groups is 1. The molecule has 3 heteroatoms. The molecule has 1 aromatic rings. The summed E-state index contributed by atoms with van der Waals surface area (Å²) in [6.07, 6.45) is 0.753. The molecule has 1 N–H and O–H groups in total. The molecule has 3 nitrogen and oxygen atoms in total. The average molecular weight is 192 g/mol. The van der Waals surface area contributed by atoms with Crippen LogP contribution >= 0.6 is 0 Å². The first-order chi connectivity index (χ1) is 6.77. The third kappa shape index (κ3) is 2.71. The Hall–Kier alpha value is -1.61. The van der Waals surface area contributed by atoms with Crippen molar-refractivity contribution in [1.82, 2.24) is 0 Å². The van der Waals surface area contributed by atoms with Gasteiger partial charge in [0.25, 0.3) is 0 Å². The predicted octanol–water partition coefficient (Wildman–Crippen LogP) is 1.39. The van der Waals surface area contributed by atoms with E-state index in [4.69, 9.17) is 9.84 Å². The number of hydrogen-bond donors (Lipinski definition) is 1. The van der Waals surface area contributed by atoms with E-state index in [0.29, 0.717) is 5.56 Å². The van der Waals surface area contributed by atoms with Crippen molar-refractivity contribution in [2.75, 3.05) is 6.61 Å². The molecule has 1 atom stereocenters. The van der Waals surface area contributed by atoms with Gasteiger partial charge in [0.15, 0.2) is 0 Å². The summed E-state index contributed by atoms with van der Waals surface area (Å²) in [4.78, 5) is 11.4. The highest BCUT2D eigenvalue weighted by Crippen LogP contribution is 2.03. The van der Waals surface area contributed by atoms with Crippen molar-refractivity contribution in [2.45, 2.75) is 6.10 Å². The lowest BCUT2D eigenvalue weighted by molar-refractivity contribution is 0.0272. The topological polar surface area (TPSA) is 46.5 Å². The van der Waals surface area contributed by atoms with Crippen LogP contribution in [0.5, 0.6) is 0 Å². The molecule has 0 fully saturated rings. The first-order valence-corrected chi connectivity index (χ1v) is 4.27. The second-order valence-electron chi connectivity index (χ2n) is 2.73. The van der Waals surface area contributed by atoms with Gasteiger partial charge in [0, 0.05) is 0 Å². The van der Waals surface area contributed by atoms with Gasteiger partial charge in [-0.25, -0.2) is 4.79 Å². The van der Waals surface area contributed by atoms with Gasteiger partial charge in [0.2, 0.25) is 0 Å². The third-order valence-corrected chi connectivity index (χ3v) is 1.71. The van der Waals surface area contributed by atoms with Crippen LogP contribution in [0, 0.1) is 0 Å². The van der Waals surface area contributed by atoms with Gasteiger partial charge in [-0.05, 0) is 18.2 Å². The Morgan fingerprint density at radius 3 is 2.64 bits per heavy atom. The monoisotopic (exact) mass is 192 g/mol. The van der Waals surface area contributed by atoms with Crippen molar-refractivity contribution in [3.63, 3.8) is 0 Å². The van der Waals surface area contributed by atoms with Crippen molar-refractivity contribution >= 4 is 5.97 Å². The van der Waals surface area contributed by atoms with Crippen LogP contribution in [0.25, 0.3) is 0 Å². The SMILES string of the molecule is C=C[C@H](CO)OC(=O)c1ccccc1. The van der Waals surface area contributed by atoms with Crippen molar-refractivity contribution < 1.29 is 14.6 Å². The van der Waals surface area contributed by atoms with E-state index < -0.39 is 12.1 Å². The molecule has 0 aliphatic rings. The third-order valence-electron chi connectivity index (χ3n) is 1.71. The normalized spacial score (nSPS) is 11.8. The summed E-state index contributed by atoms with van der Waals surface area (Å²) in [6, 6.07) is 8.62. The van der Waals surface area contributed by atoms with E-state index in [1.165, 1.54) is 6.08 Å². The largest absolute Gasteiger partial charge is 0.452 e. The van der Waals surface area contributed by atoms with Gasteiger partial charge in [-0.1, -0.05) is 24.8 Å². The maximum absolute atomic E-state index is 11.4. The second-order valence-corrected chi connectivity index (χ2v) is 2.73. The van der Waals surface area contributed by atoms with Crippen LogP contribution in [0.3, 0.4) is 0 Å². The zero-order valence-corrected chi connectivity index (χ0v) is 7.72. The van der Waals surface area contributed by atoms with Gasteiger partial charge in [0.1, 0.15) is 6.10 Å². The van der Waals surface area contributed by atoms with Crippen LogP contribution in [0.4, 0.5) is 0 Å². The molecular weight excluding hydrogens is 180 g/mol. The van der Waals surface area contributed by atoms with Crippen LogP contribution in [0.1, 0.15) is 10.4 Å². The molecule has 1 rings (SSSR count). The summed E-state index contributed by atoms with van der Waals surface area (Å²) in [5.41, 5.74) is 0.466. The fraction of sp³-hybridized carbons (Fsp3) is 0.182. The van der Waals surface area contributed by atoms with Crippen LogP contribution in [0.15, 0.2) is 43.0 Å². The van der Waals surface area contributed by atoms with E-state index in [1.807, 2.05) is 6.07 Å². The molecule has 0 aliphatic heterocycles. The highest BCUT2D eigenvalue weighted by molar-refractivity contribution is 5.89. The Morgan fingerprint density at radius 2 is 2.14 bits per heavy atom. The van der Waals surface area contributed by atoms with Crippen molar-refractivity contribution in [2.24, 2.45) is 0 Å².